The number of ether oxygens (including phenoxy) is 1. The normalized spacial score (nSPS) is 25.5. The summed E-state index contributed by atoms with van der Waals surface area (Å²) in [6.07, 6.45) is 9.57. The van der Waals surface area contributed by atoms with Gasteiger partial charge in [-0.25, -0.2) is 14.2 Å². The number of amides is 2. The number of carbonyl (C=O) groups is 2. The molecule has 1 atom stereocenters. The van der Waals surface area contributed by atoms with Gasteiger partial charge in [-0.3, -0.25) is 14.8 Å². The molecule has 0 aromatic carbocycles. The maximum absolute atomic E-state index is 14.0. The van der Waals surface area contributed by atoms with Gasteiger partial charge in [-0.2, -0.15) is 5.10 Å². The molecule has 2 saturated carbocycles. The van der Waals surface area contributed by atoms with Gasteiger partial charge in [-0.1, -0.05) is 0 Å². The zero-order valence-electron chi connectivity index (χ0n) is 19.5. The highest BCUT2D eigenvalue weighted by Crippen LogP contribution is 2.26. The first-order valence-corrected chi connectivity index (χ1v) is 11.9. The highest BCUT2D eigenvalue weighted by molar-refractivity contribution is 6.11. The molecule has 1 aromatic heterocycles. The number of fused-ring (bicyclic) bond motifs is 1. The molecule has 2 aliphatic carbocycles. The van der Waals surface area contributed by atoms with E-state index >= 15 is 0 Å². The zero-order chi connectivity index (χ0) is 24.4. The van der Waals surface area contributed by atoms with Crippen molar-refractivity contribution in [2.24, 2.45) is 10.1 Å². The first-order valence-electron chi connectivity index (χ1n) is 11.9. The predicted octanol–water partition coefficient (Wildman–Crippen LogP) is 1.46. The number of halogens is 1. The fraction of sp³-hybridized carbons (Fsp3) is 0.522. The number of nitrogens with zero attached hydrogens (tertiary/aromatic N) is 4. The Hall–Kier alpha value is -3.70. The van der Waals surface area contributed by atoms with Crippen LogP contribution in [0.15, 0.2) is 40.3 Å². The fourth-order valence-corrected chi connectivity index (χ4v) is 4.47. The van der Waals surface area contributed by atoms with Crippen LogP contribution in [0.4, 0.5) is 14.9 Å². The number of amidine groups is 2. The molecule has 5 rings (SSSR count). The lowest BCUT2D eigenvalue weighted by atomic mass is 9.91. The minimum absolute atomic E-state index is 0.0713. The molecule has 0 radical (unpaired) electrons. The van der Waals surface area contributed by atoms with Gasteiger partial charge in [-0.05, 0) is 44.6 Å². The molecule has 1 aromatic rings. The molecule has 2 amide bonds. The van der Waals surface area contributed by atoms with Crippen LogP contribution < -0.4 is 21.3 Å². The summed E-state index contributed by atoms with van der Waals surface area (Å²) >= 11 is 0. The monoisotopic (exact) mass is 484 g/mol. The van der Waals surface area contributed by atoms with Crippen LogP contribution in [-0.2, 0) is 9.53 Å². The largest absolute Gasteiger partial charge is 0.453 e. The van der Waals surface area contributed by atoms with Crippen LogP contribution in [-0.4, -0.2) is 71.5 Å². The number of hydrazone groups is 1. The zero-order valence-corrected chi connectivity index (χ0v) is 19.5. The van der Waals surface area contributed by atoms with Gasteiger partial charge in [0.2, 0.25) is 0 Å². The van der Waals surface area contributed by atoms with Crippen LogP contribution in [0.2, 0.25) is 0 Å². The number of rotatable bonds is 6. The Bertz CT molecular complexity index is 1080. The second-order valence-corrected chi connectivity index (χ2v) is 9.16. The standard InChI is InChI=1S/C23H29FN8O3/c1-35-23(34)29-15-6-4-14(5-7-15)28-20-10-18(27-13-2-3-13)21-26-12-19(32(21)31-20)22(33)30-17-8-9-25-11-16(17)24/h8-11,13-15,19,27H,2-7,12H2,1H3,(H,28,31)(H,29,34)(H,25,30,33)/t14-,15-,19?. The number of aromatic nitrogens is 1. The summed E-state index contributed by atoms with van der Waals surface area (Å²) < 4.78 is 18.7. The fourth-order valence-electron chi connectivity index (χ4n) is 4.47. The second-order valence-electron chi connectivity index (χ2n) is 9.16. The molecule has 12 heteroatoms. The Morgan fingerprint density at radius 1 is 1.09 bits per heavy atom. The first-order chi connectivity index (χ1) is 17.0. The van der Waals surface area contributed by atoms with Crippen LogP contribution in [0.5, 0.6) is 0 Å². The van der Waals surface area contributed by atoms with Gasteiger partial charge in [0.15, 0.2) is 17.7 Å². The molecule has 0 saturated heterocycles. The summed E-state index contributed by atoms with van der Waals surface area (Å²) in [5.41, 5.74) is 0.901. The molecular weight excluding hydrogens is 455 g/mol. The van der Waals surface area contributed by atoms with E-state index in [1.54, 1.807) is 5.01 Å². The SMILES string of the molecule is COC(=O)N[C@H]1CC[C@H](NC2=NN3C(=NCC3C(=O)Nc3ccncc3F)C(NC3CC3)=C2)CC1. The number of pyridine rings is 1. The quantitative estimate of drug-likeness (QED) is 0.481. The van der Waals surface area contributed by atoms with Gasteiger partial charge in [0, 0.05) is 30.4 Å². The van der Waals surface area contributed by atoms with Crippen LogP contribution >= 0.6 is 0 Å². The van der Waals surface area contributed by atoms with E-state index in [1.165, 1.54) is 19.4 Å². The predicted molar refractivity (Wildman–Crippen MR) is 127 cm³/mol. The summed E-state index contributed by atoms with van der Waals surface area (Å²) in [7, 11) is 1.36. The number of methoxy groups -OCH3 is 1. The van der Waals surface area contributed by atoms with Crippen molar-refractivity contribution in [1.82, 2.24) is 25.9 Å². The van der Waals surface area contributed by atoms with Crippen LogP contribution in [0.25, 0.3) is 0 Å². The summed E-state index contributed by atoms with van der Waals surface area (Å²) in [6, 6.07) is 1.39. The highest BCUT2D eigenvalue weighted by Gasteiger charge is 2.39. The molecule has 186 valence electrons. The van der Waals surface area contributed by atoms with Crippen molar-refractivity contribution in [3.63, 3.8) is 0 Å². The van der Waals surface area contributed by atoms with E-state index in [2.05, 4.69) is 31.2 Å². The molecule has 0 bridgehead atoms. The third-order valence-corrected chi connectivity index (χ3v) is 6.52. The minimum Gasteiger partial charge on any atom is -0.453 e. The summed E-state index contributed by atoms with van der Waals surface area (Å²) in [6.45, 7) is 0.221. The maximum atomic E-state index is 14.0. The maximum Gasteiger partial charge on any atom is 0.407 e. The van der Waals surface area contributed by atoms with E-state index in [9.17, 15) is 14.0 Å². The van der Waals surface area contributed by atoms with Crippen molar-refractivity contribution in [1.29, 1.82) is 0 Å². The molecule has 2 aliphatic heterocycles. The number of aliphatic imine (C=N–C) groups is 1. The van der Waals surface area contributed by atoms with Crippen molar-refractivity contribution < 1.29 is 18.7 Å². The van der Waals surface area contributed by atoms with E-state index in [4.69, 9.17) is 9.84 Å². The van der Waals surface area contributed by atoms with Crippen molar-refractivity contribution in [2.75, 3.05) is 19.0 Å². The number of anilines is 1. The smallest absolute Gasteiger partial charge is 0.407 e. The van der Waals surface area contributed by atoms with E-state index < -0.39 is 18.0 Å². The lowest BCUT2D eigenvalue weighted by Crippen LogP contribution is -2.49. The van der Waals surface area contributed by atoms with Crippen molar-refractivity contribution in [2.45, 2.75) is 62.7 Å². The molecule has 11 nitrogen and oxygen atoms in total. The van der Waals surface area contributed by atoms with Crippen LogP contribution in [0, 0.1) is 5.82 Å². The average Bonchev–Trinajstić information content (AvgIpc) is 3.57. The Morgan fingerprint density at radius 3 is 2.51 bits per heavy atom. The molecule has 1 unspecified atom stereocenters. The average molecular weight is 485 g/mol. The van der Waals surface area contributed by atoms with Crippen LogP contribution in [0.1, 0.15) is 38.5 Å². The topological polar surface area (TPSA) is 132 Å². The lowest BCUT2D eigenvalue weighted by molar-refractivity contribution is -0.119. The lowest BCUT2D eigenvalue weighted by Gasteiger charge is -2.32. The highest BCUT2D eigenvalue weighted by atomic mass is 19.1. The van der Waals surface area contributed by atoms with E-state index in [-0.39, 0.29) is 30.2 Å². The first kappa shape index (κ1) is 23.1. The second kappa shape index (κ2) is 9.88. The Balaban J connectivity index is 1.27. The number of carbonyl (C=O) groups excluding carboxylic acids is 2. The van der Waals surface area contributed by atoms with Gasteiger partial charge >= 0.3 is 6.09 Å². The van der Waals surface area contributed by atoms with Crippen LogP contribution in [0.3, 0.4) is 0 Å². The molecule has 4 N–H and O–H groups in total. The molecule has 3 heterocycles. The van der Waals surface area contributed by atoms with Gasteiger partial charge < -0.3 is 26.0 Å². The van der Waals surface area contributed by atoms with Gasteiger partial charge in [0.05, 0.1) is 31.2 Å². The molecule has 0 spiro atoms. The van der Waals surface area contributed by atoms with E-state index in [0.29, 0.717) is 17.7 Å². The summed E-state index contributed by atoms with van der Waals surface area (Å²) in [5.74, 6) is 0.270. The van der Waals surface area contributed by atoms with E-state index in [1.807, 2.05) is 6.08 Å². The Morgan fingerprint density at radius 2 is 1.80 bits per heavy atom. The van der Waals surface area contributed by atoms with Gasteiger partial charge in [0.25, 0.3) is 5.91 Å². The molecule has 35 heavy (non-hydrogen) atoms. The van der Waals surface area contributed by atoms with Crippen molar-refractivity contribution in [3.05, 3.63) is 36.1 Å². The summed E-state index contributed by atoms with van der Waals surface area (Å²) in [5, 5.41) is 18.8. The third-order valence-electron chi connectivity index (χ3n) is 6.52. The number of hydrogen-bond acceptors (Lipinski definition) is 9. The van der Waals surface area contributed by atoms with Gasteiger partial charge in [-0.15, -0.1) is 0 Å². The number of alkyl carbamates (subject to hydrolysis) is 1. The molecule has 4 aliphatic rings. The Kier molecular flexibility index (Phi) is 6.51. The Labute approximate surface area is 202 Å². The minimum atomic E-state index is -0.695. The van der Waals surface area contributed by atoms with Crippen molar-refractivity contribution in [3.8, 4) is 0 Å². The third kappa shape index (κ3) is 5.36. The van der Waals surface area contributed by atoms with E-state index in [0.717, 1.165) is 50.4 Å². The summed E-state index contributed by atoms with van der Waals surface area (Å²) in [4.78, 5) is 32.8. The van der Waals surface area contributed by atoms with Gasteiger partial charge in [0.1, 0.15) is 5.84 Å². The molecule has 2 fully saturated rings. The number of hydrogen-bond donors (Lipinski definition) is 4. The molecular formula is C23H29FN8O3. The number of nitrogens with one attached hydrogen (secondary N) is 4. The van der Waals surface area contributed by atoms with Crippen molar-refractivity contribution >= 4 is 29.4 Å².